The fourth-order valence-electron chi connectivity index (χ4n) is 1.66. The molecule has 2 aromatic rings. The lowest BCUT2D eigenvalue weighted by Crippen LogP contribution is -2.27. The summed E-state index contributed by atoms with van der Waals surface area (Å²) in [6.07, 6.45) is 0. The molecule has 0 aliphatic heterocycles. The van der Waals surface area contributed by atoms with Gasteiger partial charge in [0.2, 0.25) is 0 Å². The highest BCUT2D eigenvalue weighted by Gasteiger charge is 2.13. The fourth-order valence-corrected chi connectivity index (χ4v) is 2.00. The van der Waals surface area contributed by atoms with Crippen LogP contribution in [0, 0.1) is 5.82 Å². The first-order chi connectivity index (χ1) is 9.06. The Labute approximate surface area is 119 Å². The van der Waals surface area contributed by atoms with Gasteiger partial charge in [-0.3, -0.25) is 4.79 Å². The fraction of sp³-hybridized carbons (Fsp3) is 0.143. The largest absolute Gasteiger partial charge is 0.336 e. The molecule has 1 aromatic carbocycles. The molecule has 0 saturated heterocycles. The molecule has 5 heteroatoms. The van der Waals surface area contributed by atoms with Crippen LogP contribution in [0.1, 0.15) is 16.1 Å². The van der Waals surface area contributed by atoms with Gasteiger partial charge in [-0.25, -0.2) is 9.37 Å². The number of hydrogen-bond acceptors (Lipinski definition) is 2. The maximum absolute atomic E-state index is 12.8. The first kappa shape index (κ1) is 13.7. The molecule has 19 heavy (non-hydrogen) atoms. The molecule has 0 atom stereocenters. The number of carbonyl (C=O) groups is 1. The molecule has 0 unspecified atom stereocenters. The Balaban J connectivity index is 2.09. The van der Waals surface area contributed by atoms with E-state index in [9.17, 15) is 9.18 Å². The van der Waals surface area contributed by atoms with Crippen molar-refractivity contribution in [2.75, 3.05) is 7.05 Å². The zero-order valence-corrected chi connectivity index (χ0v) is 11.9. The van der Waals surface area contributed by atoms with Gasteiger partial charge in [0.15, 0.2) is 0 Å². The molecule has 1 amide bonds. The molecule has 0 bridgehead atoms. The number of aromatic nitrogens is 1. The van der Waals surface area contributed by atoms with E-state index in [1.165, 1.54) is 12.1 Å². The van der Waals surface area contributed by atoms with E-state index in [0.29, 0.717) is 16.8 Å². The van der Waals surface area contributed by atoms with Crippen molar-refractivity contribution in [2.24, 2.45) is 0 Å². The van der Waals surface area contributed by atoms with E-state index in [1.807, 2.05) is 0 Å². The van der Waals surface area contributed by atoms with Crippen LogP contribution in [-0.2, 0) is 6.54 Å². The minimum Gasteiger partial charge on any atom is -0.336 e. The Morgan fingerprint density at radius 2 is 1.95 bits per heavy atom. The van der Waals surface area contributed by atoms with Crippen molar-refractivity contribution in [3.05, 3.63) is 64.1 Å². The number of hydrogen-bond donors (Lipinski definition) is 0. The first-order valence-electron chi connectivity index (χ1n) is 5.69. The van der Waals surface area contributed by atoms with Gasteiger partial charge in [-0.15, -0.1) is 0 Å². The van der Waals surface area contributed by atoms with Gasteiger partial charge in [0.05, 0.1) is 0 Å². The van der Waals surface area contributed by atoms with Gasteiger partial charge in [-0.2, -0.15) is 0 Å². The van der Waals surface area contributed by atoms with Crippen LogP contribution in [0.2, 0.25) is 0 Å². The highest BCUT2D eigenvalue weighted by molar-refractivity contribution is 9.10. The smallest absolute Gasteiger partial charge is 0.272 e. The van der Waals surface area contributed by atoms with Crippen LogP contribution >= 0.6 is 15.9 Å². The number of benzene rings is 1. The molecule has 1 heterocycles. The maximum Gasteiger partial charge on any atom is 0.272 e. The predicted molar refractivity (Wildman–Crippen MR) is 74.1 cm³/mol. The van der Waals surface area contributed by atoms with Crippen LogP contribution in [0.15, 0.2) is 47.1 Å². The molecular weight excluding hydrogens is 311 g/mol. The molecule has 0 radical (unpaired) electrons. The molecule has 3 nitrogen and oxygen atoms in total. The van der Waals surface area contributed by atoms with Crippen LogP contribution in [0.25, 0.3) is 0 Å². The van der Waals surface area contributed by atoms with Crippen molar-refractivity contribution >= 4 is 21.8 Å². The molecule has 0 saturated carbocycles. The lowest BCUT2D eigenvalue weighted by atomic mass is 10.2. The summed E-state index contributed by atoms with van der Waals surface area (Å²) in [6.45, 7) is 0.410. The van der Waals surface area contributed by atoms with E-state index in [1.54, 1.807) is 42.3 Å². The zero-order valence-electron chi connectivity index (χ0n) is 10.3. The summed E-state index contributed by atoms with van der Waals surface area (Å²) in [4.78, 5) is 17.8. The number of pyridine rings is 1. The Morgan fingerprint density at radius 3 is 2.58 bits per heavy atom. The number of rotatable bonds is 3. The summed E-state index contributed by atoms with van der Waals surface area (Å²) in [5.74, 6) is -0.461. The predicted octanol–water partition coefficient (Wildman–Crippen LogP) is 3.26. The van der Waals surface area contributed by atoms with Crippen molar-refractivity contribution in [3.8, 4) is 0 Å². The monoisotopic (exact) mass is 322 g/mol. The second-order valence-corrected chi connectivity index (χ2v) is 4.95. The molecule has 0 spiro atoms. The van der Waals surface area contributed by atoms with E-state index in [4.69, 9.17) is 0 Å². The lowest BCUT2D eigenvalue weighted by molar-refractivity contribution is 0.0779. The summed E-state index contributed by atoms with van der Waals surface area (Å²) >= 11 is 3.23. The SMILES string of the molecule is CN(Cc1ccc(F)cc1)C(=O)c1cccc(Br)n1. The van der Waals surface area contributed by atoms with Gasteiger partial charge in [0.25, 0.3) is 5.91 Å². The Morgan fingerprint density at radius 1 is 1.26 bits per heavy atom. The van der Waals surface area contributed by atoms with Crippen LogP contribution in [0.3, 0.4) is 0 Å². The highest BCUT2D eigenvalue weighted by Crippen LogP contribution is 2.11. The van der Waals surface area contributed by atoms with E-state index in [-0.39, 0.29) is 11.7 Å². The van der Waals surface area contributed by atoms with Crippen LogP contribution in [-0.4, -0.2) is 22.8 Å². The van der Waals surface area contributed by atoms with E-state index >= 15 is 0 Å². The number of halogens is 2. The molecule has 98 valence electrons. The van der Waals surface area contributed by atoms with Crippen molar-refractivity contribution in [3.63, 3.8) is 0 Å². The summed E-state index contributed by atoms with van der Waals surface area (Å²) in [5.41, 5.74) is 1.24. The quantitative estimate of drug-likeness (QED) is 0.813. The van der Waals surface area contributed by atoms with Crippen molar-refractivity contribution in [1.82, 2.24) is 9.88 Å². The molecule has 0 aliphatic rings. The summed E-state index contributed by atoms with van der Waals surface area (Å²) in [5, 5.41) is 0. The first-order valence-corrected chi connectivity index (χ1v) is 6.48. The average Bonchev–Trinajstić information content (AvgIpc) is 2.40. The van der Waals surface area contributed by atoms with E-state index in [0.717, 1.165) is 5.56 Å². The minimum absolute atomic E-state index is 0.175. The zero-order chi connectivity index (χ0) is 13.8. The molecule has 1 aromatic heterocycles. The average molecular weight is 323 g/mol. The van der Waals surface area contributed by atoms with Gasteiger partial charge >= 0.3 is 0 Å². The van der Waals surface area contributed by atoms with E-state index in [2.05, 4.69) is 20.9 Å². The number of nitrogens with zero attached hydrogens (tertiary/aromatic N) is 2. The standard InChI is InChI=1S/C14H12BrFN2O/c1-18(9-10-5-7-11(16)8-6-10)14(19)12-3-2-4-13(15)17-12/h2-8H,9H2,1H3. The van der Waals surface area contributed by atoms with Crippen molar-refractivity contribution in [2.45, 2.75) is 6.54 Å². The molecule has 0 fully saturated rings. The second kappa shape index (κ2) is 5.93. The summed E-state index contributed by atoms with van der Waals surface area (Å²) < 4.78 is 13.4. The van der Waals surface area contributed by atoms with Gasteiger partial charge in [-0.1, -0.05) is 18.2 Å². The van der Waals surface area contributed by atoms with Gasteiger partial charge in [0.1, 0.15) is 16.1 Å². The van der Waals surface area contributed by atoms with Gasteiger partial charge in [0, 0.05) is 13.6 Å². The Kier molecular flexibility index (Phi) is 4.27. The molecule has 0 N–H and O–H groups in total. The third-order valence-corrected chi connectivity index (χ3v) is 3.06. The summed E-state index contributed by atoms with van der Waals surface area (Å²) in [6, 6.07) is 11.3. The number of amides is 1. The summed E-state index contributed by atoms with van der Waals surface area (Å²) in [7, 11) is 1.69. The highest BCUT2D eigenvalue weighted by atomic mass is 79.9. The van der Waals surface area contributed by atoms with E-state index < -0.39 is 0 Å². The Hall–Kier alpha value is -1.75. The maximum atomic E-state index is 12.8. The van der Waals surface area contributed by atoms with Crippen molar-refractivity contribution < 1.29 is 9.18 Å². The topological polar surface area (TPSA) is 33.2 Å². The van der Waals surface area contributed by atoms with Gasteiger partial charge < -0.3 is 4.90 Å². The molecular formula is C14H12BrFN2O. The lowest BCUT2D eigenvalue weighted by Gasteiger charge is -2.16. The minimum atomic E-state index is -0.286. The van der Waals surface area contributed by atoms with Gasteiger partial charge in [-0.05, 0) is 45.8 Å². The second-order valence-electron chi connectivity index (χ2n) is 4.13. The normalized spacial score (nSPS) is 10.3. The van der Waals surface area contributed by atoms with Crippen molar-refractivity contribution in [1.29, 1.82) is 0 Å². The van der Waals surface area contributed by atoms with Crippen LogP contribution in [0.4, 0.5) is 4.39 Å². The van der Waals surface area contributed by atoms with Crippen LogP contribution < -0.4 is 0 Å². The molecule has 0 aliphatic carbocycles. The Bertz CT molecular complexity index is 586. The molecule has 2 rings (SSSR count). The third-order valence-electron chi connectivity index (χ3n) is 2.61. The van der Waals surface area contributed by atoms with Crippen LogP contribution in [0.5, 0.6) is 0 Å². The third kappa shape index (κ3) is 3.61. The number of carbonyl (C=O) groups excluding carboxylic acids is 1.